The van der Waals surface area contributed by atoms with Crippen molar-refractivity contribution in [2.24, 2.45) is 0 Å². The largest absolute Gasteiger partial charge is 0.452 e. The van der Waals surface area contributed by atoms with Gasteiger partial charge in [-0.1, -0.05) is 69.7 Å². The summed E-state index contributed by atoms with van der Waals surface area (Å²) in [6.07, 6.45) is 0.761. The number of amides is 1. The summed E-state index contributed by atoms with van der Waals surface area (Å²) in [6.45, 7) is 10.1. The molecule has 0 aliphatic rings. The van der Waals surface area contributed by atoms with Gasteiger partial charge in [-0.05, 0) is 42.0 Å². The van der Waals surface area contributed by atoms with Crippen LogP contribution in [-0.2, 0) is 14.9 Å². The summed E-state index contributed by atoms with van der Waals surface area (Å²) in [5, 5.41) is 2.92. The van der Waals surface area contributed by atoms with Gasteiger partial charge in [0, 0.05) is 0 Å². The topological polar surface area (TPSA) is 55.4 Å². The third-order valence-electron chi connectivity index (χ3n) is 4.54. The van der Waals surface area contributed by atoms with E-state index in [4.69, 9.17) is 4.74 Å². The van der Waals surface area contributed by atoms with E-state index in [1.165, 1.54) is 5.56 Å². The van der Waals surface area contributed by atoms with E-state index in [0.717, 1.165) is 17.5 Å². The molecule has 0 aromatic heterocycles. The van der Waals surface area contributed by atoms with E-state index in [9.17, 15) is 9.59 Å². The number of carbonyl (C=O) groups excluding carboxylic acids is 2. The Hall–Kier alpha value is -2.62. The second-order valence-electron chi connectivity index (χ2n) is 7.84. The molecule has 2 aromatic rings. The van der Waals surface area contributed by atoms with E-state index in [2.05, 4.69) is 26.1 Å². The predicted octanol–water partition coefficient (Wildman–Crippen LogP) is 4.72. The zero-order valence-corrected chi connectivity index (χ0v) is 16.8. The number of rotatable bonds is 6. The summed E-state index contributed by atoms with van der Waals surface area (Å²) in [7, 11) is 0. The molecule has 0 aliphatic heterocycles. The van der Waals surface area contributed by atoms with Gasteiger partial charge in [-0.2, -0.15) is 0 Å². The van der Waals surface area contributed by atoms with Crippen LogP contribution in [0.5, 0.6) is 0 Å². The van der Waals surface area contributed by atoms with Crippen molar-refractivity contribution in [3.05, 3.63) is 70.8 Å². The third kappa shape index (κ3) is 5.95. The lowest BCUT2D eigenvalue weighted by Gasteiger charge is -2.19. The van der Waals surface area contributed by atoms with E-state index >= 15 is 0 Å². The highest BCUT2D eigenvalue weighted by Gasteiger charge is 2.17. The maximum absolute atomic E-state index is 12.2. The molecule has 2 rings (SSSR count). The van der Waals surface area contributed by atoms with Gasteiger partial charge in [0.1, 0.15) is 0 Å². The van der Waals surface area contributed by atoms with E-state index in [1.54, 1.807) is 12.1 Å². The van der Waals surface area contributed by atoms with Crippen LogP contribution in [0.25, 0.3) is 0 Å². The fourth-order valence-electron chi connectivity index (χ4n) is 2.78. The number of esters is 1. The molecule has 0 aliphatic carbocycles. The van der Waals surface area contributed by atoms with Crippen LogP contribution in [0, 0.1) is 6.92 Å². The molecular weight excluding hydrogens is 338 g/mol. The predicted molar refractivity (Wildman–Crippen MR) is 108 cm³/mol. The normalized spacial score (nSPS) is 12.3. The van der Waals surface area contributed by atoms with Crippen molar-refractivity contribution in [2.45, 2.75) is 52.5 Å². The molecule has 1 atom stereocenters. The zero-order chi connectivity index (χ0) is 20.0. The number of nitrogens with one attached hydrogen (secondary N) is 1. The van der Waals surface area contributed by atoms with E-state index in [0.29, 0.717) is 5.56 Å². The van der Waals surface area contributed by atoms with Crippen LogP contribution in [0.2, 0.25) is 0 Å². The minimum Gasteiger partial charge on any atom is -0.452 e. The van der Waals surface area contributed by atoms with Crippen LogP contribution in [-0.4, -0.2) is 18.5 Å². The molecule has 144 valence electrons. The van der Waals surface area contributed by atoms with Crippen LogP contribution in [0.3, 0.4) is 0 Å². The highest BCUT2D eigenvalue weighted by Crippen LogP contribution is 2.22. The smallest absolute Gasteiger partial charge is 0.338 e. The van der Waals surface area contributed by atoms with Crippen LogP contribution in [0.4, 0.5) is 0 Å². The molecule has 1 amide bonds. The lowest BCUT2D eigenvalue weighted by molar-refractivity contribution is -0.125. The van der Waals surface area contributed by atoms with Crippen molar-refractivity contribution in [3.8, 4) is 0 Å². The summed E-state index contributed by atoms with van der Waals surface area (Å²) in [5.74, 6) is -0.795. The Balaban J connectivity index is 1.90. The Bertz CT molecular complexity index is 771. The molecular formula is C23H29NO3. The first-order valence-electron chi connectivity index (χ1n) is 9.34. The van der Waals surface area contributed by atoms with Gasteiger partial charge in [-0.3, -0.25) is 4.79 Å². The monoisotopic (exact) mass is 367 g/mol. The van der Waals surface area contributed by atoms with Crippen molar-refractivity contribution in [2.75, 3.05) is 6.61 Å². The second kappa shape index (κ2) is 8.85. The summed E-state index contributed by atoms with van der Waals surface area (Å²) in [6, 6.07) is 15.3. The number of carbonyl (C=O) groups is 2. The molecule has 0 fully saturated rings. The van der Waals surface area contributed by atoms with E-state index < -0.39 is 5.97 Å². The van der Waals surface area contributed by atoms with Crippen LogP contribution >= 0.6 is 0 Å². The SMILES string of the molecule is CC[C@H](NC(=O)COC(=O)c1ccc(C(C)(C)C)cc1)c1ccc(C)cc1. The van der Waals surface area contributed by atoms with Crippen LogP contribution in [0.1, 0.15) is 67.2 Å². The number of hydrogen-bond acceptors (Lipinski definition) is 3. The average Bonchev–Trinajstić information content (AvgIpc) is 2.64. The van der Waals surface area contributed by atoms with E-state index in [-0.39, 0.29) is 24.0 Å². The molecule has 0 saturated heterocycles. The molecule has 2 aromatic carbocycles. The molecule has 0 spiro atoms. The lowest BCUT2D eigenvalue weighted by atomic mass is 9.87. The molecule has 4 nitrogen and oxygen atoms in total. The van der Waals surface area contributed by atoms with Crippen molar-refractivity contribution >= 4 is 11.9 Å². The molecule has 0 saturated carbocycles. The second-order valence-corrected chi connectivity index (χ2v) is 7.84. The molecule has 27 heavy (non-hydrogen) atoms. The van der Waals surface area contributed by atoms with Gasteiger partial charge in [-0.25, -0.2) is 4.79 Å². The Morgan fingerprint density at radius 3 is 2.11 bits per heavy atom. The molecule has 0 radical (unpaired) electrons. The van der Waals surface area contributed by atoms with Gasteiger partial charge in [0.2, 0.25) is 0 Å². The Morgan fingerprint density at radius 1 is 1.00 bits per heavy atom. The summed E-state index contributed by atoms with van der Waals surface area (Å²) in [5.41, 5.74) is 3.82. The van der Waals surface area contributed by atoms with Crippen molar-refractivity contribution in [1.82, 2.24) is 5.32 Å². The fraction of sp³-hybridized carbons (Fsp3) is 0.391. The third-order valence-corrected chi connectivity index (χ3v) is 4.54. The summed E-state index contributed by atoms with van der Waals surface area (Å²) < 4.78 is 5.16. The molecule has 0 unspecified atom stereocenters. The number of aryl methyl sites for hydroxylation is 1. The highest BCUT2D eigenvalue weighted by atomic mass is 16.5. The fourth-order valence-corrected chi connectivity index (χ4v) is 2.78. The molecule has 4 heteroatoms. The average molecular weight is 367 g/mol. The molecule has 0 heterocycles. The van der Waals surface area contributed by atoms with Crippen molar-refractivity contribution in [1.29, 1.82) is 0 Å². The van der Waals surface area contributed by atoms with Crippen molar-refractivity contribution in [3.63, 3.8) is 0 Å². The maximum atomic E-state index is 12.2. The van der Waals surface area contributed by atoms with Crippen molar-refractivity contribution < 1.29 is 14.3 Å². The van der Waals surface area contributed by atoms with E-state index in [1.807, 2.05) is 50.2 Å². The first-order chi connectivity index (χ1) is 12.7. The Kier molecular flexibility index (Phi) is 6.78. The highest BCUT2D eigenvalue weighted by molar-refractivity contribution is 5.91. The minimum absolute atomic E-state index is 0.0213. The van der Waals surface area contributed by atoms with Gasteiger partial charge in [0.25, 0.3) is 5.91 Å². The van der Waals surface area contributed by atoms with Gasteiger partial charge in [0.15, 0.2) is 6.61 Å². The summed E-state index contributed by atoms with van der Waals surface area (Å²) >= 11 is 0. The van der Waals surface area contributed by atoms with Gasteiger partial charge < -0.3 is 10.1 Å². The lowest BCUT2D eigenvalue weighted by Crippen LogP contribution is -2.32. The molecule has 1 N–H and O–H groups in total. The molecule has 0 bridgehead atoms. The maximum Gasteiger partial charge on any atom is 0.338 e. The minimum atomic E-state index is -0.492. The number of hydrogen-bond donors (Lipinski definition) is 1. The quantitative estimate of drug-likeness (QED) is 0.752. The first-order valence-corrected chi connectivity index (χ1v) is 9.34. The van der Waals surface area contributed by atoms with Crippen LogP contribution < -0.4 is 5.32 Å². The number of benzene rings is 2. The Morgan fingerprint density at radius 2 is 1.59 bits per heavy atom. The van der Waals surface area contributed by atoms with Gasteiger partial charge in [0.05, 0.1) is 11.6 Å². The van der Waals surface area contributed by atoms with Gasteiger partial charge >= 0.3 is 5.97 Å². The van der Waals surface area contributed by atoms with Crippen LogP contribution in [0.15, 0.2) is 48.5 Å². The number of ether oxygens (including phenoxy) is 1. The zero-order valence-electron chi connectivity index (χ0n) is 16.8. The first kappa shape index (κ1) is 20.7. The van der Waals surface area contributed by atoms with Gasteiger partial charge in [-0.15, -0.1) is 0 Å². The Labute approximate surface area is 161 Å². The summed E-state index contributed by atoms with van der Waals surface area (Å²) in [4.78, 5) is 24.4. The standard InChI is InChI=1S/C23H29NO3/c1-6-20(17-9-7-16(2)8-10-17)24-21(25)15-27-22(26)18-11-13-19(14-12-18)23(3,4)5/h7-14,20H,6,15H2,1-5H3,(H,24,25)/t20-/m0/s1.